The molecule has 4 aromatic rings. The highest BCUT2D eigenvalue weighted by Gasteiger charge is 2.22. The standard InChI is InChI=1S/C24H20ClF2N5O/c1-14(15-5-3-2-4-6-15)29-24(33)30-22-21(16-7-9-17(25)10-8-16)31-32(23(22)28)20-13-18(26)11-12-19(20)27/h2-14H,28H2,1H3,(H2,29,30,33)/t14-/m0/s1. The molecular weight excluding hydrogens is 448 g/mol. The van der Waals surface area contributed by atoms with Crippen molar-refractivity contribution in [3.05, 3.63) is 95.0 Å². The highest BCUT2D eigenvalue weighted by atomic mass is 35.5. The number of halogens is 3. The van der Waals surface area contributed by atoms with Gasteiger partial charge >= 0.3 is 6.03 Å². The molecule has 4 N–H and O–H groups in total. The number of carbonyl (C=O) groups excluding carboxylic acids is 1. The van der Waals surface area contributed by atoms with Crippen LogP contribution in [0.25, 0.3) is 16.9 Å². The average Bonchev–Trinajstić information content (AvgIpc) is 3.12. The Morgan fingerprint density at radius 1 is 1.06 bits per heavy atom. The molecule has 9 heteroatoms. The lowest BCUT2D eigenvalue weighted by Gasteiger charge is -2.15. The summed E-state index contributed by atoms with van der Waals surface area (Å²) in [5, 5.41) is 10.4. The molecule has 0 aliphatic heterocycles. The molecule has 0 aliphatic carbocycles. The minimum atomic E-state index is -0.720. The molecule has 0 radical (unpaired) electrons. The summed E-state index contributed by atoms with van der Waals surface area (Å²) in [5.74, 6) is -1.44. The van der Waals surface area contributed by atoms with Gasteiger partial charge in [-0.3, -0.25) is 0 Å². The van der Waals surface area contributed by atoms with Crippen LogP contribution >= 0.6 is 11.6 Å². The molecule has 6 nitrogen and oxygen atoms in total. The van der Waals surface area contributed by atoms with Crippen LogP contribution in [0.2, 0.25) is 5.02 Å². The van der Waals surface area contributed by atoms with Crippen molar-refractivity contribution in [2.45, 2.75) is 13.0 Å². The SMILES string of the molecule is C[C@H](NC(=O)Nc1c(-c2ccc(Cl)cc2)nn(-c2cc(F)ccc2F)c1N)c1ccccc1. The van der Waals surface area contributed by atoms with Crippen LogP contribution in [-0.2, 0) is 0 Å². The van der Waals surface area contributed by atoms with Crippen LogP contribution in [0.5, 0.6) is 0 Å². The van der Waals surface area contributed by atoms with E-state index in [1.54, 1.807) is 24.3 Å². The Morgan fingerprint density at radius 2 is 1.76 bits per heavy atom. The van der Waals surface area contributed by atoms with Crippen molar-refractivity contribution in [2.75, 3.05) is 11.1 Å². The Labute approximate surface area is 194 Å². The van der Waals surface area contributed by atoms with Gasteiger partial charge in [0.1, 0.15) is 28.7 Å². The van der Waals surface area contributed by atoms with Gasteiger partial charge < -0.3 is 16.4 Å². The first-order chi connectivity index (χ1) is 15.8. The summed E-state index contributed by atoms with van der Waals surface area (Å²) in [4.78, 5) is 12.8. The number of nitrogen functional groups attached to an aromatic ring is 1. The van der Waals surface area contributed by atoms with Gasteiger partial charge in [-0.2, -0.15) is 5.10 Å². The highest BCUT2D eigenvalue weighted by molar-refractivity contribution is 6.30. The van der Waals surface area contributed by atoms with Gasteiger partial charge in [-0.1, -0.05) is 54.1 Å². The third kappa shape index (κ3) is 4.80. The number of rotatable bonds is 5. The van der Waals surface area contributed by atoms with Crippen LogP contribution in [0.3, 0.4) is 0 Å². The van der Waals surface area contributed by atoms with E-state index >= 15 is 0 Å². The molecule has 4 rings (SSSR count). The zero-order chi connectivity index (χ0) is 23.5. The lowest BCUT2D eigenvalue weighted by Crippen LogP contribution is -2.31. The molecular formula is C24H20ClF2N5O. The zero-order valence-corrected chi connectivity index (χ0v) is 18.3. The van der Waals surface area contributed by atoms with E-state index in [2.05, 4.69) is 15.7 Å². The normalized spacial score (nSPS) is 11.8. The van der Waals surface area contributed by atoms with Crippen LogP contribution in [0, 0.1) is 11.6 Å². The fraction of sp³-hybridized carbons (Fsp3) is 0.0833. The van der Waals surface area contributed by atoms with Gasteiger partial charge in [-0.05, 0) is 36.8 Å². The smallest absolute Gasteiger partial charge is 0.319 e. The van der Waals surface area contributed by atoms with E-state index in [1.807, 2.05) is 37.3 Å². The maximum Gasteiger partial charge on any atom is 0.319 e. The lowest BCUT2D eigenvalue weighted by molar-refractivity contribution is 0.249. The number of hydrogen-bond acceptors (Lipinski definition) is 3. The number of nitrogens with zero attached hydrogens (tertiary/aromatic N) is 2. The van der Waals surface area contributed by atoms with Gasteiger partial charge in [0.2, 0.25) is 0 Å². The minimum Gasteiger partial charge on any atom is -0.382 e. The molecule has 0 spiro atoms. The fourth-order valence-electron chi connectivity index (χ4n) is 3.37. The molecule has 1 atom stereocenters. The van der Waals surface area contributed by atoms with Crippen molar-refractivity contribution in [3.8, 4) is 16.9 Å². The average molecular weight is 468 g/mol. The summed E-state index contributed by atoms with van der Waals surface area (Å²) >= 11 is 5.99. The number of urea groups is 1. The lowest BCUT2D eigenvalue weighted by atomic mass is 10.1. The van der Waals surface area contributed by atoms with Crippen LogP contribution < -0.4 is 16.4 Å². The van der Waals surface area contributed by atoms with Crippen molar-refractivity contribution in [3.63, 3.8) is 0 Å². The molecule has 168 valence electrons. The second-order valence-electron chi connectivity index (χ2n) is 7.35. The summed E-state index contributed by atoms with van der Waals surface area (Å²) in [6.07, 6.45) is 0. The molecule has 0 bridgehead atoms. The van der Waals surface area contributed by atoms with Gasteiger partial charge in [-0.15, -0.1) is 0 Å². The number of aromatic nitrogens is 2. The number of amides is 2. The van der Waals surface area contributed by atoms with E-state index in [1.165, 1.54) is 0 Å². The highest BCUT2D eigenvalue weighted by Crippen LogP contribution is 2.35. The molecule has 2 amide bonds. The minimum absolute atomic E-state index is 0.0630. The molecule has 3 aromatic carbocycles. The van der Waals surface area contributed by atoms with Crippen molar-refractivity contribution in [1.82, 2.24) is 15.1 Å². The summed E-state index contributed by atoms with van der Waals surface area (Å²) in [7, 11) is 0. The first-order valence-corrected chi connectivity index (χ1v) is 10.4. The van der Waals surface area contributed by atoms with Crippen LogP contribution in [0.1, 0.15) is 18.5 Å². The quantitative estimate of drug-likeness (QED) is 0.340. The van der Waals surface area contributed by atoms with E-state index < -0.39 is 17.7 Å². The van der Waals surface area contributed by atoms with Gasteiger partial charge in [-0.25, -0.2) is 18.3 Å². The fourth-order valence-corrected chi connectivity index (χ4v) is 3.49. The molecule has 1 heterocycles. The molecule has 0 aliphatic rings. The number of anilines is 2. The Hall–Kier alpha value is -3.91. The maximum atomic E-state index is 14.5. The third-order valence-electron chi connectivity index (χ3n) is 5.06. The molecule has 0 saturated heterocycles. The number of nitrogens with two attached hydrogens (primary N) is 1. The number of carbonyl (C=O) groups is 1. The van der Waals surface area contributed by atoms with Crippen LogP contribution in [0.15, 0.2) is 72.8 Å². The Kier molecular flexibility index (Phi) is 6.28. The first-order valence-electron chi connectivity index (χ1n) is 10.1. The summed E-state index contributed by atoms with van der Waals surface area (Å²) in [5.41, 5.74) is 7.98. The van der Waals surface area contributed by atoms with Gasteiger partial charge in [0, 0.05) is 16.7 Å². The number of benzene rings is 3. The predicted molar refractivity (Wildman–Crippen MR) is 125 cm³/mol. The van der Waals surface area contributed by atoms with Gasteiger partial charge in [0.15, 0.2) is 5.82 Å². The van der Waals surface area contributed by atoms with Crippen molar-refractivity contribution in [2.24, 2.45) is 0 Å². The topological polar surface area (TPSA) is 85.0 Å². The van der Waals surface area contributed by atoms with E-state index in [-0.39, 0.29) is 28.9 Å². The van der Waals surface area contributed by atoms with Crippen molar-refractivity contribution < 1.29 is 13.6 Å². The molecule has 33 heavy (non-hydrogen) atoms. The maximum absolute atomic E-state index is 14.5. The van der Waals surface area contributed by atoms with Crippen molar-refractivity contribution >= 4 is 29.1 Å². The van der Waals surface area contributed by atoms with Crippen molar-refractivity contribution in [1.29, 1.82) is 0 Å². The van der Waals surface area contributed by atoms with Crippen LogP contribution in [-0.4, -0.2) is 15.8 Å². The summed E-state index contributed by atoms with van der Waals surface area (Å²) in [6.45, 7) is 1.84. The van der Waals surface area contributed by atoms with E-state index in [9.17, 15) is 13.6 Å². The monoisotopic (exact) mass is 467 g/mol. The summed E-state index contributed by atoms with van der Waals surface area (Å²) in [6, 6.07) is 18.2. The van der Waals surface area contributed by atoms with E-state index in [0.29, 0.717) is 10.6 Å². The zero-order valence-electron chi connectivity index (χ0n) is 17.5. The van der Waals surface area contributed by atoms with Gasteiger partial charge in [0.05, 0.1) is 6.04 Å². The predicted octanol–water partition coefficient (Wildman–Crippen LogP) is 5.94. The molecule has 1 aromatic heterocycles. The second kappa shape index (κ2) is 9.30. The van der Waals surface area contributed by atoms with Gasteiger partial charge in [0.25, 0.3) is 0 Å². The summed E-state index contributed by atoms with van der Waals surface area (Å²) < 4.78 is 29.3. The molecule has 0 unspecified atom stereocenters. The Morgan fingerprint density at radius 3 is 2.45 bits per heavy atom. The second-order valence-corrected chi connectivity index (χ2v) is 7.79. The first kappa shape index (κ1) is 22.3. The van der Waals surface area contributed by atoms with E-state index in [4.69, 9.17) is 17.3 Å². The largest absolute Gasteiger partial charge is 0.382 e. The number of nitrogens with one attached hydrogen (secondary N) is 2. The molecule has 0 saturated carbocycles. The van der Waals surface area contributed by atoms with Crippen LogP contribution in [0.4, 0.5) is 25.1 Å². The Balaban J connectivity index is 1.72. The Bertz CT molecular complexity index is 1290. The third-order valence-corrected chi connectivity index (χ3v) is 5.31. The molecule has 0 fully saturated rings. The van der Waals surface area contributed by atoms with E-state index in [0.717, 1.165) is 28.4 Å². The number of hydrogen-bond donors (Lipinski definition) is 3.